The Hall–Kier alpha value is -6.43. The molecule has 0 N–H and O–H groups in total. The van der Waals surface area contributed by atoms with Crippen molar-refractivity contribution < 1.29 is 0 Å². The first-order chi connectivity index (χ1) is 28.3. The summed E-state index contributed by atoms with van der Waals surface area (Å²) in [5, 5.41) is 7.40. The van der Waals surface area contributed by atoms with Crippen LogP contribution in [0.1, 0.15) is 0 Å². The van der Waals surface area contributed by atoms with Gasteiger partial charge in [-0.3, -0.25) is 4.57 Å². The summed E-state index contributed by atoms with van der Waals surface area (Å²) in [6.45, 7) is 0. The summed E-state index contributed by atoms with van der Waals surface area (Å²) in [5.74, 6) is 0.592. The molecule has 0 amide bonds. The third-order valence-corrected chi connectivity index (χ3v) is 16.5. The van der Waals surface area contributed by atoms with Crippen LogP contribution in [0.2, 0.25) is 0 Å². The Morgan fingerprint density at radius 1 is 0.351 bits per heavy atom. The van der Waals surface area contributed by atoms with Crippen molar-refractivity contribution in [2.45, 2.75) is 0 Å². The molecule has 14 aromatic rings. The van der Waals surface area contributed by atoms with Crippen molar-refractivity contribution in [1.29, 1.82) is 0 Å². The minimum atomic E-state index is 0.592. The average Bonchev–Trinajstić information content (AvgIpc) is 4.12. The molecule has 10 heteroatoms. The highest BCUT2D eigenvalue weighted by Crippen LogP contribution is 2.50. The Morgan fingerprint density at radius 3 is 1.07 bits per heavy atom. The predicted octanol–water partition coefficient (Wildman–Crippen LogP) is 14.0. The van der Waals surface area contributed by atoms with Gasteiger partial charge in [-0.2, -0.15) is 0 Å². The molecule has 0 saturated carbocycles. The summed E-state index contributed by atoms with van der Waals surface area (Å²) < 4.78 is 17.8. The number of aromatic nitrogens is 6. The van der Waals surface area contributed by atoms with Crippen LogP contribution in [0.5, 0.6) is 0 Å². The van der Waals surface area contributed by atoms with Crippen LogP contribution >= 0.6 is 45.3 Å². The molecule has 0 aliphatic rings. The number of thiophene rings is 4. The molecule has 0 aliphatic heterocycles. The molecule has 0 aliphatic carbocycles. The zero-order chi connectivity index (χ0) is 36.9. The van der Waals surface area contributed by atoms with Crippen molar-refractivity contribution in [1.82, 2.24) is 28.7 Å². The standard InChI is InChI=1S/C47H24N6S4/c1-5-13-35-29(9-1)39-43(54-35)44-40(30-10-2-6-14-36(30)55-44)51(39)25-17-19-27-28-20-18-26(22-34(28)53(33(27)21-25)47-49-23-48-24-50-47)52-41-31-11-3-7-15-37(31)56-45(41)46-42(52)32-12-4-8-16-38(32)57-46/h1-24H. The largest absolute Gasteiger partial charge is 0.306 e. The normalized spacial score (nSPS) is 12.6. The molecule has 0 radical (unpaired) electrons. The number of nitrogens with zero attached hydrogens (tertiary/aromatic N) is 6. The highest BCUT2D eigenvalue weighted by Gasteiger charge is 2.25. The van der Waals surface area contributed by atoms with Crippen molar-refractivity contribution in [3.63, 3.8) is 0 Å². The Labute approximate surface area is 338 Å². The molecule has 8 aromatic heterocycles. The third-order valence-electron chi connectivity index (χ3n) is 11.5. The molecule has 6 aromatic carbocycles. The predicted molar refractivity (Wildman–Crippen MR) is 244 cm³/mol. The molecule has 57 heavy (non-hydrogen) atoms. The van der Waals surface area contributed by atoms with Gasteiger partial charge in [0.05, 0.1) is 51.9 Å². The van der Waals surface area contributed by atoms with Gasteiger partial charge in [0.25, 0.3) is 0 Å². The quantitative estimate of drug-likeness (QED) is 0.179. The molecular weight excluding hydrogens is 777 g/mol. The molecular formula is C47H24N6S4. The van der Waals surface area contributed by atoms with Gasteiger partial charge in [0.1, 0.15) is 12.7 Å². The maximum Gasteiger partial charge on any atom is 0.237 e. The summed E-state index contributed by atoms with van der Waals surface area (Å²) in [5.41, 5.74) is 9.36. The van der Waals surface area contributed by atoms with Gasteiger partial charge in [0.2, 0.25) is 5.95 Å². The third kappa shape index (κ3) is 3.99. The van der Waals surface area contributed by atoms with Crippen LogP contribution in [0.3, 0.4) is 0 Å². The number of benzene rings is 6. The van der Waals surface area contributed by atoms with Crippen LogP contribution in [-0.2, 0) is 0 Å². The van der Waals surface area contributed by atoms with Crippen molar-refractivity contribution in [2.75, 3.05) is 0 Å². The fourth-order valence-corrected chi connectivity index (χ4v) is 14.2. The molecule has 266 valence electrons. The number of rotatable bonds is 3. The highest BCUT2D eigenvalue weighted by molar-refractivity contribution is 7.34. The van der Waals surface area contributed by atoms with Gasteiger partial charge in [0, 0.05) is 62.5 Å². The fourth-order valence-electron chi connectivity index (χ4n) is 9.21. The van der Waals surface area contributed by atoms with Crippen LogP contribution in [0.15, 0.2) is 146 Å². The molecule has 14 rings (SSSR count). The first kappa shape index (κ1) is 30.7. The van der Waals surface area contributed by atoms with E-state index in [1.165, 1.54) is 81.2 Å². The monoisotopic (exact) mass is 800 g/mol. The minimum absolute atomic E-state index is 0.592. The lowest BCUT2D eigenvalue weighted by atomic mass is 10.1. The van der Waals surface area contributed by atoms with Gasteiger partial charge in [-0.25, -0.2) is 15.0 Å². The van der Waals surface area contributed by atoms with E-state index in [1.807, 2.05) is 45.3 Å². The maximum absolute atomic E-state index is 4.77. The van der Waals surface area contributed by atoms with E-state index in [1.54, 1.807) is 12.7 Å². The molecule has 0 unspecified atom stereocenters. The van der Waals surface area contributed by atoms with E-state index in [2.05, 4.69) is 152 Å². The van der Waals surface area contributed by atoms with Crippen molar-refractivity contribution >= 4 is 148 Å². The van der Waals surface area contributed by atoms with Crippen LogP contribution in [0.25, 0.3) is 120 Å². The van der Waals surface area contributed by atoms with E-state index in [4.69, 9.17) is 9.97 Å². The first-order valence-electron chi connectivity index (χ1n) is 18.7. The molecule has 0 saturated heterocycles. The average molecular weight is 801 g/mol. The Kier molecular flexibility index (Phi) is 6.00. The van der Waals surface area contributed by atoms with E-state index in [9.17, 15) is 0 Å². The Balaban J connectivity index is 1.10. The lowest BCUT2D eigenvalue weighted by molar-refractivity contribution is 0.938. The summed E-state index contributed by atoms with van der Waals surface area (Å²) in [6.07, 6.45) is 3.19. The summed E-state index contributed by atoms with van der Waals surface area (Å²) >= 11 is 7.56. The fraction of sp³-hybridized carbons (Fsp3) is 0. The van der Waals surface area contributed by atoms with Gasteiger partial charge in [-0.15, -0.1) is 45.3 Å². The molecule has 0 atom stereocenters. The van der Waals surface area contributed by atoms with Gasteiger partial charge in [-0.05, 0) is 48.5 Å². The van der Waals surface area contributed by atoms with Gasteiger partial charge < -0.3 is 9.13 Å². The lowest BCUT2D eigenvalue weighted by Gasteiger charge is -2.11. The molecule has 0 bridgehead atoms. The molecule has 8 heterocycles. The van der Waals surface area contributed by atoms with Gasteiger partial charge >= 0.3 is 0 Å². The van der Waals surface area contributed by atoms with Crippen molar-refractivity contribution in [3.05, 3.63) is 146 Å². The van der Waals surface area contributed by atoms with E-state index in [-0.39, 0.29) is 0 Å². The van der Waals surface area contributed by atoms with Crippen LogP contribution in [-0.4, -0.2) is 28.7 Å². The smallest absolute Gasteiger partial charge is 0.237 e. The van der Waals surface area contributed by atoms with Gasteiger partial charge in [0.15, 0.2) is 0 Å². The maximum atomic E-state index is 4.77. The molecule has 0 fully saturated rings. The van der Waals surface area contributed by atoms with E-state index >= 15 is 0 Å². The SMILES string of the molecule is c1ccc2c(c1)sc1c3sc4ccccc4c3n(-c3ccc4c5ccc(-n6c7c8ccccc8sc7c7sc8ccccc8c76)cc5n(-c5ncncn5)c4c3)c21. The second kappa shape index (κ2) is 11.1. The second-order valence-electron chi connectivity index (χ2n) is 14.5. The zero-order valence-electron chi connectivity index (χ0n) is 29.7. The number of fused-ring (bicyclic) bond motifs is 17. The van der Waals surface area contributed by atoms with Gasteiger partial charge in [-0.1, -0.05) is 84.9 Å². The minimum Gasteiger partial charge on any atom is -0.306 e. The zero-order valence-corrected chi connectivity index (χ0v) is 32.9. The Morgan fingerprint density at radius 2 is 0.702 bits per heavy atom. The van der Waals surface area contributed by atoms with Crippen LogP contribution in [0, 0.1) is 0 Å². The van der Waals surface area contributed by atoms with Crippen LogP contribution in [0.4, 0.5) is 0 Å². The lowest BCUT2D eigenvalue weighted by Crippen LogP contribution is -2.02. The molecule has 0 spiro atoms. The van der Waals surface area contributed by atoms with Crippen molar-refractivity contribution in [3.8, 4) is 17.3 Å². The summed E-state index contributed by atoms with van der Waals surface area (Å²) in [6, 6.07) is 49.0. The highest BCUT2D eigenvalue weighted by atomic mass is 32.1. The van der Waals surface area contributed by atoms with Crippen molar-refractivity contribution in [2.24, 2.45) is 0 Å². The van der Waals surface area contributed by atoms with E-state index in [0.29, 0.717) is 5.95 Å². The number of hydrogen-bond acceptors (Lipinski definition) is 7. The van der Waals surface area contributed by atoms with Crippen LogP contribution < -0.4 is 0 Å². The van der Waals surface area contributed by atoms with E-state index in [0.717, 1.165) is 33.2 Å². The Bertz CT molecular complexity index is 3590. The number of hydrogen-bond donors (Lipinski definition) is 0. The first-order valence-corrected chi connectivity index (χ1v) is 21.9. The topological polar surface area (TPSA) is 53.5 Å². The molecule has 6 nitrogen and oxygen atoms in total. The second-order valence-corrected chi connectivity index (χ2v) is 18.7. The summed E-state index contributed by atoms with van der Waals surface area (Å²) in [4.78, 5) is 13.8. The summed E-state index contributed by atoms with van der Waals surface area (Å²) in [7, 11) is 0. The van der Waals surface area contributed by atoms with E-state index < -0.39 is 0 Å².